The molecule has 0 radical (unpaired) electrons. The molecule has 24 heavy (non-hydrogen) atoms. The number of halogens is 1. The lowest BCUT2D eigenvalue weighted by molar-refractivity contribution is 0.251. The summed E-state index contributed by atoms with van der Waals surface area (Å²) in [7, 11) is 1.52. The molecule has 0 fully saturated rings. The maximum atomic E-state index is 12.0. The molecule has 0 aliphatic rings. The zero-order valence-corrected chi connectivity index (χ0v) is 14.3. The summed E-state index contributed by atoms with van der Waals surface area (Å²) in [5.74, 6) is 0.526. The highest BCUT2D eigenvalue weighted by molar-refractivity contribution is 7.08. The number of nitrogens with zero attached hydrogens (tertiary/aromatic N) is 3. The number of urea groups is 1. The second-order valence-corrected chi connectivity index (χ2v) is 6.00. The van der Waals surface area contributed by atoms with Crippen LogP contribution in [0.25, 0.3) is 5.69 Å². The van der Waals surface area contributed by atoms with Crippen LogP contribution in [0.15, 0.2) is 41.2 Å². The molecule has 0 bridgehead atoms. The Hall–Kier alpha value is -2.58. The fourth-order valence-electron chi connectivity index (χ4n) is 2.01. The number of carbonyl (C=O) groups excluding carboxylic acids is 1. The van der Waals surface area contributed by atoms with E-state index in [9.17, 15) is 4.79 Å². The van der Waals surface area contributed by atoms with Crippen molar-refractivity contribution in [2.24, 2.45) is 0 Å². The van der Waals surface area contributed by atoms with Crippen LogP contribution >= 0.6 is 22.9 Å². The van der Waals surface area contributed by atoms with E-state index >= 15 is 0 Å². The highest BCUT2D eigenvalue weighted by Crippen LogP contribution is 2.27. The zero-order valence-electron chi connectivity index (χ0n) is 12.7. The smallest absolute Gasteiger partial charge is 0.319 e. The standard InChI is InChI=1S/C15H14ClN5O2S/c1-23-14-3-2-10(16)6-13(14)18-15(22)17-7-11-8-21(20-19-11)12-4-5-24-9-12/h2-6,8-9H,7H2,1H3,(H2,17,18,22). The van der Waals surface area contributed by atoms with Crippen LogP contribution in [0.5, 0.6) is 5.75 Å². The number of anilines is 1. The molecule has 3 rings (SSSR count). The molecule has 0 spiro atoms. The van der Waals surface area contributed by atoms with E-state index in [-0.39, 0.29) is 12.6 Å². The maximum Gasteiger partial charge on any atom is 0.319 e. The van der Waals surface area contributed by atoms with Crippen LogP contribution < -0.4 is 15.4 Å². The Morgan fingerprint density at radius 1 is 1.42 bits per heavy atom. The number of benzene rings is 1. The third-order valence-corrected chi connectivity index (χ3v) is 4.06. The summed E-state index contributed by atoms with van der Waals surface area (Å²) in [5, 5.41) is 17.9. The van der Waals surface area contributed by atoms with Gasteiger partial charge in [-0.25, -0.2) is 9.48 Å². The number of hydrogen-bond donors (Lipinski definition) is 2. The molecule has 2 N–H and O–H groups in total. The van der Waals surface area contributed by atoms with Crippen molar-refractivity contribution in [2.75, 3.05) is 12.4 Å². The van der Waals surface area contributed by atoms with Crippen molar-refractivity contribution >= 4 is 34.7 Å². The molecular weight excluding hydrogens is 350 g/mol. The van der Waals surface area contributed by atoms with Gasteiger partial charge in [-0.15, -0.1) is 5.10 Å². The Balaban J connectivity index is 1.59. The number of rotatable bonds is 5. The molecule has 3 aromatic rings. The third-order valence-electron chi connectivity index (χ3n) is 3.15. The van der Waals surface area contributed by atoms with Crippen LogP contribution in [0.4, 0.5) is 10.5 Å². The van der Waals surface area contributed by atoms with Gasteiger partial charge in [-0.2, -0.15) is 11.3 Å². The molecule has 0 unspecified atom stereocenters. The van der Waals surface area contributed by atoms with E-state index in [1.165, 1.54) is 7.11 Å². The Bertz CT molecular complexity index is 834. The molecule has 9 heteroatoms. The molecule has 0 saturated carbocycles. The zero-order chi connectivity index (χ0) is 16.9. The molecule has 2 heterocycles. The van der Waals surface area contributed by atoms with Crippen molar-refractivity contribution in [3.05, 3.63) is 51.9 Å². The molecule has 2 aromatic heterocycles. The molecule has 124 valence electrons. The fraction of sp³-hybridized carbons (Fsp3) is 0.133. The van der Waals surface area contributed by atoms with Crippen molar-refractivity contribution in [2.45, 2.75) is 6.54 Å². The van der Waals surface area contributed by atoms with Gasteiger partial charge in [-0.1, -0.05) is 16.8 Å². The van der Waals surface area contributed by atoms with Gasteiger partial charge >= 0.3 is 6.03 Å². The van der Waals surface area contributed by atoms with Crippen LogP contribution in [0.3, 0.4) is 0 Å². The van der Waals surface area contributed by atoms with E-state index < -0.39 is 0 Å². The molecule has 2 amide bonds. The van der Waals surface area contributed by atoms with Gasteiger partial charge in [0.15, 0.2) is 0 Å². The fourth-order valence-corrected chi connectivity index (χ4v) is 2.80. The number of hydrogen-bond acceptors (Lipinski definition) is 5. The van der Waals surface area contributed by atoms with E-state index in [2.05, 4.69) is 20.9 Å². The molecule has 0 aliphatic carbocycles. The lowest BCUT2D eigenvalue weighted by atomic mass is 10.3. The van der Waals surface area contributed by atoms with Crippen molar-refractivity contribution in [3.8, 4) is 11.4 Å². The van der Waals surface area contributed by atoms with Gasteiger partial charge in [0, 0.05) is 10.4 Å². The van der Waals surface area contributed by atoms with Crippen LogP contribution in [-0.2, 0) is 6.54 Å². The van der Waals surface area contributed by atoms with E-state index in [4.69, 9.17) is 16.3 Å². The summed E-state index contributed by atoms with van der Waals surface area (Å²) in [6.07, 6.45) is 1.77. The lowest BCUT2D eigenvalue weighted by Gasteiger charge is -2.10. The van der Waals surface area contributed by atoms with Gasteiger partial charge in [0.05, 0.1) is 31.2 Å². The average Bonchev–Trinajstić information content (AvgIpc) is 3.24. The number of thiophene rings is 1. The molecular formula is C15H14ClN5O2S. The third kappa shape index (κ3) is 3.84. The van der Waals surface area contributed by atoms with Gasteiger partial charge in [-0.05, 0) is 29.6 Å². The van der Waals surface area contributed by atoms with Gasteiger partial charge in [0.2, 0.25) is 0 Å². The van der Waals surface area contributed by atoms with Crippen molar-refractivity contribution < 1.29 is 9.53 Å². The summed E-state index contributed by atoms with van der Waals surface area (Å²) in [6, 6.07) is 6.54. The number of aromatic nitrogens is 3. The number of nitrogens with one attached hydrogen (secondary N) is 2. The summed E-state index contributed by atoms with van der Waals surface area (Å²) < 4.78 is 6.84. The second-order valence-electron chi connectivity index (χ2n) is 4.79. The summed E-state index contributed by atoms with van der Waals surface area (Å²) in [4.78, 5) is 12.0. The first-order chi connectivity index (χ1) is 11.7. The first kappa shape index (κ1) is 16.3. The van der Waals surface area contributed by atoms with Crippen molar-refractivity contribution in [1.82, 2.24) is 20.3 Å². The number of ether oxygens (including phenoxy) is 1. The topological polar surface area (TPSA) is 81.1 Å². The summed E-state index contributed by atoms with van der Waals surface area (Å²) in [6.45, 7) is 0.249. The van der Waals surface area contributed by atoms with Crippen molar-refractivity contribution in [3.63, 3.8) is 0 Å². The van der Waals surface area contributed by atoms with Crippen LogP contribution in [0.1, 0.15) is 5.69 Å². The summed E-state index contributed by atoms with van der Waals surface area (Å²) >= 11 is 7.51. The van der Waals surface area contributed by atoms with Crippen LogP contribution in [0.2, 0.25) is 5.02 Å². The molecule has 7 nitrogen and oxygen atoms in total. The first-order valence-corrected chi connectivity index (χ1v) is 8.30. The maximum absolute atomic E-state index is 12.0. The van der Waals surface area contributed by atoms with E-state index in [0.29, 0.717) is 22.2 Å². The SMILES string of the molecule is COc1ccc(Cl)cc1NC(=O)NCc1cn(-c2ccsc2)nn1. The minimum atomic E-state index is -0.388. The molecule has 0 aliphatic heterocycles. The van der Waals surface area contributed by atoms with E-state index in [1.54, 1.807) is 40.4 Å². The monoisotopic (exact) mass is 363 g/mol. The Morgan fingerprint density at radius 3 is 3.04 bits per heavy atom. The van der Waals surface area contributed by atoms with Crippen LogP contribution in [0, 0.1) is 0 Å². The predicted molar refractivity (Wildman–Crippen MR) is 93.1 cm³/mol. The molecule has 0 saturated heterocycles. The number of carbonyl (C=O) groups is 1. The molecule has 1 aromatic carbocycles. The Labute approximate surface area is 147 Å². The lowest BCUT2D eigenvalue weighted by Crippen LogP contribution is -2.28. The largest absolute Gasteiger partial charge is 0.495 e. The van der Waals surface area contributed by atoms with Gasteiger partial charge < -0.3 is 15.4 Å². The van der Waals surface area contributed by atoms with E-state index in [0.717, 1.165) is 5.69 Å². The van der Waals surface area contributed by atoms with Crippen molar-refractivity contribution in [1.29, 1.82) is 0 Å². The minimum absolute atomic E-state index is 0.249. The normalized spacial score (nSPS) is 10.4. The minimum Gasteiger partial charge on any atom is -0.495 e. The highest BCUT2D eigenvalue weighted by Gasteiger charge is 2.09. The van der Waals surface area contributed by atoms with Crippen LogP contribution in [-0.4, -0.2) is 28.1 Å². The predicted octanol–water partition coefficient (Wildman–Crippen LogP) is 3.31. The quantitative estimate of drug-likeness (QED) is 0.728. The Morgan fingerprint density at radius 2 is 2.29 bits per heavy atom. The molecule has 0 atom stereocenters. The number of methoxy groups -OCH3 is 1. The van der Waals surface area contributed by atoms with Gasteiger partial charge in [-0.3, -0.25) is 0 Å². The van der Waals surface area contributed by atoms with Gasteiger partial charge in [0.25, 0.3) is 0 Å². The second kappa shape index (κ2) is 7.33. The van der Waals surface area contributed by atoms with E-state index in [1.807, 2.05) is 16.8 Å². The summed E-state index contributed by atoms with van der Waals surface area (Å²) in [5.41, 5.74) is 2.07. The number of amides is 2. The highest BCUT2D eigenvalue weighted by atomic mass is 35.5. The first-order valence-electron chi connectivity index (χ1n) is 6.98. The Kier molecular flexibility index (Phi) is 4.97. The average molecular weight is 364 g/mol. The van der Waals surface area contributed by atoms with Gasteiger partial charge in [0.1, 0.15) is 11.4 Å².